The lowest BCUT2D eigenvalue weighted by atomic mass is 9.88. The van der Waals surface area contributed by atoms with Crippen LogP contribution in [-0.2, 0) is 4.79 Å². The van der Waals surface area contributed by atoms with Crippen LogP contribution < -0.4 is 11.1 Å². The van der Waals surface area contributed by atoms with Crippen LogP contribution in [0.15, 0.2) is 0 Å². The molecule has 0 aliphatic heterocycles. The molecule has 3 heteroatoms. The fraction of sp³-hybridized carbons (Fsp3) is 0.900. The molecule has 0 fully saturated rings. The zero-order valence-corrected chi connectivity index (χ0v) is 9.02. The van der Waals surface area contributed by atoms with E-state index in [1.807, 2.05) is 20.8 Å². The van der Waals surface area contributed by atoms with Gasteiger partial charge in [-0.15, -0.1) is 0 Å². The smallest absolute Gasteiger partial charge is 0.138 e. The summed E-state index contributed by atoms with van der Waals surface area (Å²) >= 11 is 0. The van der Waals surface area contributed by atoms with Gasteiger partial charge >= 0.3 is 0 Å². The van der Waals surface area contributed by atoms with Crippen LogP contribution in [0.25, 0.3) is 0 Å². The van der Waals surface area contributed by atoms with E-state index in [9.17, 15) is 4.79 Å². The lowest BCUT2D eigenvalue weighted by Gasteiger charge is -2.16. The molecule has 0 atom stereocenters. The van der Waals surface area contributed by atoms with Gasteiger partial charge in [-0.05, 0) is 13.0 Å². The third kappa shape index (κ3) is 6.72. The normalized spacial score (nSPS) is 11.7. The van der Waals surface area contributed by atoms with E-state index >= 15 is 0 Å². The van der Waals surface area contributed by atoms with Crippen molar-refractivity contribution in [1.29, 1.82) is 0 Å². The van der Waals surface area contributed by atoms with Crippen LogP contribution in [0.4, 0.5) is 0 Å². The largest absolute Gasteiger partial charge is 0.329 e. The summed E-state index contributed by atoms with van der Waals surface area (Å²) in [6.45, 7) is 8.27. The molecule has 0 unspecified atom stereocenters. The lowest BCUT2D eigenvalue weighted by molar-refractivity contribution is -0.126. The molecule has 13 heavy (non-hydrogen) atoms. The number of rotatable bonds is 6. The summed E-state index contributed by atoms with van der Waals surface area (Å²) in [5, 5.41) is 3.16. The fourth-order valence-electron chi connectivity index (χ4n) is 0.976. The minimum absolute atomic E-state index is 0.187. The predicted octanol–water partition coefficient (Wildman–Crippen LogP) is 0.930. The average Bonchev–Trinajstić information content (AvgIpc) is 2.02. The Hall–Kier alpha value is -0.410. The van der Waals surface area contributed by atoms with E-state index in [0.29, 0.717) is 18.7 Å². The quantitative estimate of drug-likeness (QED) is 0.607. The number of carbonyl (C=O) groups is 1. The number of hydrogen-bond donors (Lipinski definition) is 2. The van der Waals surface area contributed by atoms with Gasteiger partial charge in [0.2, 0.25) is 0 Å². The van der Waals surface area contributed by atoms with Gasteiger partial charge in [-0.2, -0.15) is 0 Å². The molecule has 0 bridgehead atoms. The van der Waals surface area contributed by atoms with Crippen LogP contribution in [0.2, 0.25) is 0 Å². The van der Waals surface area contributed by atoms with Crippen LogP contribution in [0.1, 0.15) is 33.6 Å². The van der Waals surface area contributed by atoms with E-state index in [0.717, 1.165) is 19.5 Å². The highest BCUT2D eigenvalue weighted by Gasteiger charge is 2.19. The number of hydrogen-bond acceptors (Lipinski definition) is 3. The van der Waals surface area contributed by atoms with Crippen molar-refractivity contribution >= 4 is 5.78 Å². The molecule has 0 saturated heterocycles. The van der Waals surface area contributed by atoms with Crippen molar-refractivity contribution < 1.29 is 4.79 Å². The standard InChI is InChI=1S/C10H22N2O/c1-10(2,3)9(13)5-4-7-12-8-6-11/h12H,4-8,11H2,1-3H3. The fourth-order valence-corrected chi connectivity index (χ4v) is 0.976. The van der Waals surface area contributed by atoms with Crippen molar-refractivity contribution in [2.75, 3.05) is 19.6 Å². The monoisotopic (exact) mass is 186 g/mol. The first-order chi connectivity index (χ1) is 5.98. The number of nitrogens with one attached hydrogen (secondary N) is 1. The lowest BCUT2D eigenvalue weighted by Crippen LogP contribution is -2.25. The summed E-state index contributed by atoms with van der Waals surface area (Å²) in [5.74, 6) is 0.335. The van der Waals surface area contributed by atoms with Gasteiger partial charge in [-0.3, -0.25) is 4.79 Å². The first-order valence-corrected chi connectivity index (χ1v) is 4.92. The van der Waals surface area contributed by atoms with Crippen LogP contribution in [0.5, 0.6) is 0 Å². The maximum absolute atomic E-state index is 11.4. The van der Waals surface area contributed by atoms with Gasteiger partial charge in [0.05, 0.1) is 0 Å². The molecule has 0 aliphatic rings. The highest BCUT2D eigenvalue weighted by molar-refractivity contribution is 5.83. The molecular formula is C10H22N2O. The van der Waals surface area contributed by atoms with Crippen LogP contribution in [0.3, 0.4) is 0 Å². The maximum Gasteiger partial charge on any atom is 0.138 e. The molecular weight excluding hydrogens is 164 g/mol. The van der Waals surface area contributed by atoms with E-state index in [2.05, 4.69) is 5.32 Å². The van der Waals surface area contributed by atoms with Crippen molar-refractivity contribution in [3.8, 4) is 0 Å². The number of carbonyl (C=O) groups excluding carboxylic acids is 1. The van der Waals surface area contributed by atoms with Crippen molar-refractivity contribution in [1.82, 2.24) is 5.32 Å². The molecule has 0 aliphatic carbocycles. The Morgan fingerprint density at radius 2 is 1.92 bits per heavy atom. The molecule has 78 valence electrons. The molecule has 0 saturated carbocycles. The summed E-state index contributed by atoms with van der Waals surface area (Å²) in [6, 6.07) is 0. The van der Waals surface area contributed by atoms with Crippen LogP contribution in [0, 0.1) is 5.41 Å². The van der Waals surface area contributed by atoms with Crippen molar-refractivity contribution in [3.63, 3.8) is 0 Å². The second-order valence-corrected chi connectivity index (χ2v) is 4.32. The highest BCUT2D eigenvalue weighted by atomic mass is 16.1. The van der Waals surface area contributed by atoms with Crippen molar-refractivity contribution in [2.24, 2.45) is 11.1 Å². The second kappa shape index (κ2) is 6.11. The van der Waals surface area contributed by atoms with Gasteiger partial charge < -0.3 is 11.1 Å². The topological polar surface area (TPSA) is 55.1 Å². The number of Topliss-reactive ketones (excluding diaryl/α,β-unsaturated/α-hetero) is 1. The molecule has 3 N–H and O–H groups in total. The zero-order chi connectivity index (χ0) is 10.3. The first kappa shape index (κ1) is 12.6. The third-order valence-corrected chi connectivity index (χ3v) is 1.92. The molecule has 0 rings (SSSR count). The number of nitrogens with two attached hydrogens (primary N) is 1. The molecule has 0 radical (unpaired) electrons. The summed E-state index contributed by atoms with van der Waals surface area (Å²) in [6.07, 6.45) is 1.58. The Bertz CT molecular complexity index is 149. The van der Waals surface area contributed by atoms with Crippen molar-refractivity contribution in [3.05, 3.63) is 0 Å². The zero-order valence-electron chi connectivity index (χ0n) is 9.02. The predicted molar refractivity (Wildman–Crippen MR) is 55.6 cm³/mol. The molecule has 0 aromatic heterocycles. The van der Waals surface area contributed by atoms with Gasteiger partial charge in [-0.1, -0.05) is 20.8 Å². The Labute approximate surface area is 81.1 Å². The Kier molecular flexibility index (Phi) is 5.91. The third-order valence-electron chi connectivity index (χ3n) is 1.92. The summed E-state index contributed by atoms with van der Waals surface area (Å²) in [4.78, 5) is 11.4. The highest BCUT2D eigenvalue weighted by Crippen LogP contribution is 2.17. The summed E-state index contributed by atoms with van der Waals surface area (Å²) in [5.41, 5.74) is 5.12. The first-order valence-electron chi connectivity index (χ1n) is 4.92. The van der Waals surface area contributed by atoms with Crippen LogP contribution >= 0.6 is 0 Å². The Morgan fingerprint density at radius 3 is 2.38 bits per heavy atom. The van der Waals surface area contributed by atoms with Gasteiger partial charge in [0.15, 0.2) is 0 Å². The second-order valence-electron chi connectivity index (χ2n) is 4.32. The minimum Gasteiger partial charge on any atom is -0.329 e. The van der Waals surface area contributed by atoms with E-state index < -0.39 is 0 Å². The van der Waals surface area contributed by atoms with Gasteiger partial charge in [-0.25, -0.2) is 0 Å². The molecule has 0 amide bonds. The van der Waals surface area contributed by atoms with E-state index in [-0.39, 0.29) is 5.41 Å². The SMILES string of the molecule is CC(C)(C)C(=O)CCCNCCN. The average molecular weight is 186 g/mol. The van der Waals surface area contributed by atoms with Crippen molar-refractivity contribution in [2.45, 2.75) is 33.6 Å². The molecule has 0 aromatic carbocycles. The maximum atomic E-state index is 11.4. The summed E-state index contributed by atoms with van der Waals surface area (Å²) in [7, 11) is 0. The van der Waals surface area contributed by atoms with Gasteiger partial charge in [0.1, 0.15) is 5.78 Å². The molecule has 0 aromatic rings. The molecule has 3 nitrogen and oxygen atoms in total. The minimum atomic E-state index is -0.187. The van der Waals surface area contributed by atoms with E-state index in [4.69, 9.17) is 5.73 Å². The van der Waals surface area contributed by atoms with E-state index in [1.54, 1.807) is 0 Å². The van der Waals surface area contributed by atoms with E-state index in [1.165, 1.54) is 0 Å². The Balaban J connectivity index is 3.38. The van der Waals surface area contributed by atoms with Crippen LogP contribution in [-0.4, -0.2) is 25.4 Å². The molecule has 0 spiro atoms. The molecule has 0 heterocycles. The van der Waals surface area contributed by atoms with Gasteiger partial charge in [0, 0.05) is 24.9 Å². The number of ketones is 1. The summed E-state index contributed by atoms with van der Waals surface area (Å²) < 4.78 is 0. The van der Waals surface area contributed by atoms with Gasteiger partial charge in [0.25, 0.3) is 0 Å². The Morgan fingerprint density at radius 1 is 1.31 bits per heavy atom.